The molecule has 0 unspecified atom stereocenters. The maximum Gasteiger partial charge on any atom is 0.419 e. The van der Waals surface area contributed by atoms with Crippen LogP contribution in [0.15, 0.2) is 48.5 Å². The average molecular weight is 389 g/mol. The van der Waals surface area contributed by atoms with Crippen molar-refractivity contribution in [2.75, 3.05) is 13.2 Å². The van der Waals surface area contributed by atoms with E-state index in [9.17, 15) is 18.0 Å². The second-order valence-corrected chi connectivity index (χ2v) is 6.67. The van der Waals surface area contributed by atoms with Crippen LogP contribution in [0.25, 0.3) is 11.0 Å². The molecule has 1 aliphatic heterocycles. The number of hydrogen-bond acceptors (Lipinski definition) is 3. The van der Waals surface area contributed by atoms with Gasteiger partial charge in [0.15, 0.2) is 6.61 Å². The minimum absolute atomic E-state index is 0.235. The van der Waals surface area contributed by atoms with Gasteiger partial charge in [-0.05, 0) is 37.1 Å². The highest BCUT2D eigenvalue weighted by Gasteiger charge is 2.35. The van der Waals surface area contributed by atoms with Gasteiger partial charge in [-0.15, -0.1) is 0 Å². The number of aromatic nitrogens is 2. The second kappa shape index (κ2) is 7.18. The molecule has 0 bridgehead atoms. The first kappa shape index (κ1) is 18.3. The van der Waals surface area contributed by atoms with Gasteiger partial charge in [-0.1, -0.05) is 24.3 Å². The fourth-order valence-corrected chi connectivity index (χ4v) is 3.53. The van der Waals surface area contributed by atoms with Crippen LogP contribution in [-0.2, 0) is 11.0 Å². The van der Waals surface area contributed by atoms with E-state index in [0.29, 0.717) is 12.4 Å². The topological polar surface area (TPSA) is 58.2 Å². The van der Waals surface area contributed by atoms with Gasteiger partial charge in [-0.3, -0.25) is 4.79 Å². The van der Waals surface area contributed by atoms with Crippen LogP contribution >= 0.6 is 0 Å². The van der Waals surface area contributed by atoms with Crippen molar-refractivity contribution >= 4 is 16.9 Å². The number of carbonyl (C=O) groups excluding carboxylic acids is 1. The number of likely N-dealkylation sites (tertiary alicyclic amines) is 1. The molecule has 0 saturated carbocycles. The number of aromatic amines is 1. The monoisotopic (exact) mass is 389 g/mol. The third-order valence-corrected chi connectivity index (χ3v) is 4.84. The lowest BCUT2D eigenvalue weighted by atomic mass is 10.2. The summed E-state index contributed by atoms with van der Waals surface area (Å²) in [6.07, 6.45) is -3.00. The molecule has 0 radical (unpaired) electrons. The largest absolute Gasteiger partial charge is 0.483 e. The number of fused-ring (bicyclic) bond motifs is 1. The highest BCUT2D eigenvalue weighted by Crippen LogP contribution is 2.36. The van der Waals surface area contributed by atoms with Crippen molar-refractivity contribution in [2.24, 2.45) is 0 Å². The first-order valence-corrected chi connectivity index (χ1v) is 8.96. The van der Waals surface area contributed by atoms with Gasteiger partial charge in [0.1, 0.15) is 11.6 Å². The number of benzene rings is 2. The van der Waals surface area contributed by atoms with E-state index in [4.69, 9.17) is 4.74 Å². The molecule has 146 valence electrons. The molecule has 2 aromatic carbocycles. The number of ether oxygens (including phenoxy) is 1. The van der Waals surface area contributed by atoms with Crippen LogP contribution in [-0.4, -0.2) is 33.9 Å². The molecule has 1 amide bonds. The van der Waals surface area contributed by atoms with Gasteiger partial charge in [0, 0.05) is 6.54 Å². The van der Waals surface area contributed by atoms with Crippen molar-refractivity contribution in [1.29, 1.82) is 0 Å². The Labute approximate surface area is 159 Å². The molecule has 28 heavy (non-hydrogen) atoms. The van der Waals surface area contributed by atoms with E-state index in [-0.39, 0.29) is 17.7 Å². The molecular weight excluding hydrogens is 371 g/mol. The lowest BCUT2D eigenvalue weighted by Crippen LogP contribution is -2.35. The fraction of sp³-hybridized carbons (Fsp3) is 0.300. The van der Waals surface area contributed by atoms with Crippen LogP contribution in [0.4, 0.5) is 13.2 Å². The zero-order valence-corrected chi connectivity index (χ0v) is 14.9. The SMILES string of the molecule is O=C(COc1ccccc1C(F)(F)F)N1CCC[C@H]1c1nc2ccccc2[nH]1. The number of nitrogens with one attached hydrogen (secondary N) is 1. The molecule has 1 aromatic heterocycles. The normalized spacial score (nSPS) is 17.2. The number of imidazole rings is 1. The number of alkyl halides is 3. The Morgan fingerprint density at radius 3 is 2.71 bits per heavy atom. The molecule has 8 heteroatoms. The summed E-state index contributed by atoms with van der Waals surface area (Å²) in [7, 11) is 0. The van der Waals surface area contributed by atoms with E-state index < -0.39 is 18.3 Å². The van der Waals surface area contributed by atoms with Crippen LogP contribution in [0.1, 0.15) is 30.3 Å². The molecule has 4 rings (SSSR count). The smallest absolute Gasteiger partial charge is 0.419 e. The Morgan fingerprint density at radius 2 is 1.93 bits per heavy atom. The third kappa shape index (κ3) is 3.54. The third-order valence-electron chi connectivity index (χ3n) is 4.84. The van der Waals surface area contributed by atoms with Crippen LogP contribution in [0.2, 0.25) is 0 Å². The Bertz CT molecular complexity index is 967. The summed E-state index contributed by atoms with van der Waals surface area (Å²) in [6.45, 7) is 0.0641. The summed E-state index contributed by atoms with van der Waals surface area (Å²) in [5.74, 6) is -0.0227. The summed E-state index contributed by atoms with van der Waals surface area (Å²) in [5.41, 5.74) is 0.803. The van der Waals surface area contributed by atoms with E-state index in [1.54, 1.807) is 4.90 Å². The van der Waals surface area contributed by atoms with Gasteiger partial charge in [0.05, 0.1) is 22.6 Å². The standard InChI is InChI=1S/C20H18F3N3O2/c21-20(22,23)13-6-1-4-10-17(13)28-12-18(27)26-11-5-9-16(26)19-24-14-7-2-3-8-15(14)25-19/h1-4,6-8,10,16H,5,9,11-12H2,(H,24,25)/t16-/m0/s1. The predicted molar refractivity (Wildman–Crippen MR) is 96.7 cm³/mol. The number of H-pyrrole nitrogens is 1. The van der Waals surface area contributed by atoms with E-state index in [2.05, 4.69) is 9.97 Å². The molecule has 1 fully saturated rings. The Morgan fingerprint density at radius 1 is 1.18 bits per heavy atom. The summed E-state index contributed by atoms with van der Waals surface area (Å²) in [4.78, 5) is 22.1. The van der Waals surface area contributed by atoms with Crippen LogP contribution in [0, 0.1) is 0 Å². The lowest BCUT2D eigenvalue weighted by Gasteiger charge is -2.23. The van der Waals surface area contributed by atoms with Gasteiger partial charge in [-0.2, -0.15) is 13.2 Å². The number of rotatable bonds is 4. The average Bonchev–Trinajstić information content (AvgIpc) is 3.32. The summed E-state index contributed by atoms with van der Waals surface area (Å²) >= 11 is 0. The summed E-state index contributed by atoms with van der Waals surface area (Å²) in [6, 6.07) is 12.2. The van der Waals surface area contributed by atoms with Crippen molar-refractivity contribution in [2.45, 2.75) is 25.1 Å². The maximum atomic E-state index is 13.1. The van der Waals surface area contributed by atoms with E-state index >= 15 is 0 Å². The highest BCUT2D eigenvalue weighted by atomic mass is 19.4. The van der Waals surface area contributed by atoms with E-state index in [1.165, 1.54) is 18.2 Å². The lowest BCUT2D eigenvalue weighted by molar-refractivity contribution is -0.141. The molecule has 1 saturated heterocycles. The number of nitrogens with zero attached hydrogens (tertiary/aromatic N) is 2. The Kier molecular flexibility index (Phi) is 4.70. The zero-order chi connectivity index (χ0) is 19.7. The predicted octanol–water partition coefficient (Wildman–Crippen LogP) is 4.32. The van der Waals surface area contributed by atoms with Gasteiger partial charge >= 0.3 is 6.18 Å². The van der Waals surface area contributed by atoms with Gasteiger partial charge < -0.3 is 14.6 Å². The van der Waals surface area contributed by atoms with Crippen molar-refractivity contribution in [3.63, 3.8) is 0 Å². The first-order chi connectivity index (χ1) is 13.4. The summed E-state index contributed by atoms with van der Waals surface area (Å²) in [5, 5.41) is 0. The second-order valence-electron chi connectivity index (χ2n) is 6.67. The van der Waals surface area contributed by atoms with Crippen molar-refractivity contribution in [3.8, 4) is 5.75 Å². The number of hydrogen-bond donors (Lipinski definition) is 1. The quantitative estimate of drug-likeness (QED) is 0.723. The highest BCUT2D eigenvalue weighted by molar-refractivity contribution is 5.79. The maximum absolute atomic E-state index is 13.1. The Hall–Kier alpha value is -3.03. The zero-order valence-electron chi connectivity index (χ0n) is 14.9. The molecule has 1 N–H and O–H groups in total. The van der Waals surface area contributed by atoms with Crippen LogP contribution in [0.5, 0.6) is 5.75 Å². The van der Waals surface area contributed by atoms with Gasteiger partial charge in [0.2, 0.25) is 0 Å². The minimum Gasteiger partial charge on any atom is -0.483 e. The molecule has 0 aliphatic carbocycles. The van der Waals surface area contributed by atoms with Crippen LogP contribution in [0.3, 0.4) is 0 Å². The van der Waals surface area contributed by atoms with Crippen LogP contribution < -0.4 is 4.74 Å². The molecular formula is C20H18F3N3O2. The number of carbonyl (C=O) groups is 1. The summed E-state index contributed by atoms with van der Waals surface area (Å²) < 4.78 is 44.5. The van der Waals surface area contributed by atoms with Gasteiger partial charge in [-0.25, -0.2) is 4.98 Å². The molecule has 3 aromatic rings. The fourth-order valence-electron chi connectivity index (χ4n) is 3.53. The Balaban J connectivity index is 1.49. The number of para-hydroxylation sites is 3. The molecule has 1 aliphatic rings. The van der Waals surface area contributed by atoms with E-state index in [0.717, 1.165) is 29.9 Å². The van der Waals surface area contributed by atoms with Crippen molar-refractivity contribution in [1.82, 2.24) is 14.9 Å². The number of halogens is 3. The van der Waals surface area contributed by atoms with Gasteiger partial charge in [0.25, 0.3) is 5.91 Å². The molecule has 2 heterocycles. The molecule has 1 atom stereocenters. The van der Waals surface area contributed by atoms with E-state index in [1.807, 2.05) is 24.3 Å². The molecule has 5 nitrogen and oxygen atoms in total. The molecule has 0 spiro atoms. The first-order valence-electron chi connectivity index (χ1n) is 8.96. The number of amides is 1. The van der Waals surface area contributed by atoms with Crippen molar-refractivity contribution < 1.29 is 22.7 Å². The van der Waals surface area contributed by atoms with Crippen molar-refractivity contribution in [3.05, 3.63) is 59.9 Å². The minimum atomic E-state index is -4.54.